The largest absolute Gasteiger partial charge is 0.393 e. The summed E-state index contributed by atoms with van der Waals surface area (Å²) in [5.41, 5.74) is 4.57. The van der Waals surface area contributed by atoms with Gasteiger partial charge in [-0.15, -0.1) is 0 Å². The van der Waals surface area contributed by atoms with Crippen LogP contribution in [0.2, 0.25) is 0 Å². The van der Waals surface area contributed by atoms with E-state index in [0.29, 0.717) is 12.0 Å². The number of aliphatic hydroxyl groups excluding tert-OH is 1. The molecule has 0 amide bonds. The third kappa shape index (κ3) is 2.70. The molecule has 1 atom stereocenters. The Hall–Kier alpha value is -0.860. The van der Waals surface area contributed by atoms with Gasteiger partial charge in [0.1, 0.15) is 0 Å². The molecule has 0 heterocycles. The lowest BCUT2D eigenvalue weighted by atomic mass is 9.79. The molecule has 0 radical (unpaired) electrons. The smallest absolute Gasteiger partial charge is 0.0540 e. The van der Waals surface area contributed by atoms with E-state index in [1.54, 1.807) is 11.1 Å². The molecule has 2 aliphatic rings. The highest BCUT2D eigenvalue weighted by Gasteiger charge is 2.27. The second-order valence-electron chi connectivity index (χ2n) is 6.22. The Balaban J connectivity index is 1.78. The summed E-state index contributed by atoms with van der Waals surface area (Å²) >= 11 is 0. The highest BCUT2D eigenvalue weighted by Crippen LogP contribution is 2.35. The zero-order valence-corrected chi connectivity index (χ0v) is 11.9. The van der Waals surface area contributed by atoms with Crippen molar-refractivity contribution in [1.29, 1.82) is 0 Å². The van der Waals surface area contributed by atoms with Crippen molar-refractivity contribution in [2.75, 3.05) is 7.05 Å². The number of aryl methyl sites for hydroxylation is 2. The van der Waals surface area contributed by atoms with Gasteiger partial charge in [0.25, 0.3) is 0 Å². The van der Waals surface area contributed by atoms with Gasteiger partial charge in [-0.1, -0.05) is 18.2 Å². The number of fused-ring (bicyclic) bond motifs is 1. The lowest BCUT2D eigenvalue weighted by Crippen LogP contribution is -2.30. The number of benzene rings is 1. The predicted octanol–water partition coefficient (Wildman–Crippen LogP) is 2.99. The van der Waals surface area contributed by atoms with Gasteiger partial charge < -0.3 is 10.4 Å². The van der Waals surface area contributed by atoms with Gasteiger partial charge >= 0.3 is 0 Å². The molecule has 2 nitrogen and oxygen atoms in total. The molecule has 19 heavy (non-hydrogen) atoms. The first kappa shape index (κ1) is 13.1. The molecule has 1 aromatic carbocycles. The standard InChI is InChI=1S/C17H25NO/c1-18-17(13-7-9-16(19)10-8-13)15-6-5-12-3-2-4-14(12)11-15/h5-6,11,13,16-19H,2-4,7-10H2,1H3. The molecule has 2 N–H and O–H groups in total. The van der Waals surface area contributed by atoms with E-state index >= 15 is 0 Å². The van der Waals surface area contributed by atoms with E-state index in [-0.39, 0.29) is 6.10 Å². The fourth-order valence-electron chi connectivity index (χ4n) is 3.89. The minimum atomic E-state index is -0.0613. The van der Waals surface area contributed by atoms with Crippen molar-refractivity contribution in [2.24, 2.45) is 5.92 Å². The van der Waals surface area contributed by atoms with E-state index in [0.717, 1.165) is 25.7 Å². The van der Waals surface area contributed by atoms with Crippen LogP contribution < -0.4 is 5.32 Å². The molecule has 0 saturated heterocycles. The van der Waals surface area contributed by atoms with Crippen LogP contribution in [0.3, 0.4) is 0 Å². The first-order valence-corrected chi connectivity index (χ1v) is 7.75. The van der Waals surface area contributed by atoms with Crippen LogP contribution in [0, 0.1) is 5.92 Å². The van der Waals surface area contributed by atoms with Crippen molar-refractivity contribution in [3.05, 3.63) is 34.9 Å². The number of hydrogen-bond donors (Lipinski definition) is 2. The van der Waals surface area contributed by atoms with Crippen LogP contribution in [-0.2, 0) is 12.8 Å². The summed E-state index contributed by atoms with van der Waals surface area (Å²) in [6.07, 6.45) is 7.99. The van der Waals surface area contributed by atoms with Crippen molar-refractivity contribution in [3.63, 3.8) is 0 Å². The van der Waals surface area contributed by atoms with Crippen LogP contribution >= 0.6 is 0 Å². The van der Waals surface area contributed by atoms with Crippen molar-refractivity contribution >= 4 is 0 Å². The monoisotopic (exact) mass is 259 g/mol. The van der Waals surface area contributed by atoms with Gasteiger partial charge in [0, 0.05) is 6.04 Å². The molecule has 0 spiro atoms. The molecule has 104 valence electrons. The number of rotatable bonds is 3. The maximum absolute atomic E-state index is 9.66. The molecule has 1 unspecified atom stereocenters. The summed E-state index contributed by atoms with van der Waals surface area (Å²) in [7, 11) is 2.07. The van der Waals surface area contributed by atoms with Gasteiger partial charge in [-0.2, -0.15) is 0 Å². The summed E-state index contributed by atoms with van der Waals surface area (Å²) in [5, 5.41) is 13.2. The Morgan fingerprint density at radius 2 is 1.84 bits per heavy atom. The molecular weight excluding hydrogens is 234 g/mol. The van der Waals surface area contributed by atoms with Gasteiger partial charge in [-0.05, 0) is 74.6 Å². The van der Waals surface area contributed by atoms with Gasteiger partial charge in [0.15, 0.2) is 0 Å². The predicted molar refractivity (Wildman–Crippen MR) is 78.2 cm³/mol. The third-order valence-corrected chi connectivity index (χ3v) is 5.01. The Labute approximate surface area is 116 Å². The fourth-order valence-corrected chi connectivity index (χ4v) is 3.89. The Morgan fingerprint density at radius 3 is 2.58 bits per heavy atom. The Bertz CT molecular complexity index is 435. The quantitative estimate of drug-likeness (QED) is 0.874. The Morgan fingerprint density at radius 1 is 1.11 bits per heavy atom. The molecule has 0 aliphatic heterocycles. The maximum atomic E-state index is 9.66. The van der Waals surface area contributed by atoms with Gasteiger partial charge in [0.2, 0.25) is 0 Å². The summed E-state index contributed by atoms with van der Waals surface area (Å²) in [4.78, 5) is 0. The van der Waals surface area contributed by atoms with Crippen LogP contribution in [0.15, 0.2) is 18.2 Å². The number of hydrogen-bond acceptors (Lipinski definition) is 2. The normalized spacial score (nSPS) is 28.1. The van der Waals surface area contributed by atoms with E-state index < -0.39 is 0 Å². The topological polar surface area (TPSA) is 32.3 Å². The fraction of sp³-hybridized carbons (Fsp3) is 0.647. The van der Waals surface area contributed by atoms with Crippen molar-refractivity contribution in [3.8, 4) is 0 Å². The van der Waals surface area contributed by atoms with Crippen LogP contribution in [0.1, 0.15) is 54.8 Å². The molecule has 3 rings (SSSR count). The van der Waals surface area contributed by atoms with E-state index in [1.165, 1.54) is 24.8 Å². The summed E-state index contributed by atoms with van der Waals surface area (Å²) < 4.78 is 0. The molecule has 2 heteroatoms. The summed E-state index contributed by atoms with van der Waals surface area (Å²) in [6, 6.07) is 7.53. The lowest BCUT2D eigenvalue weighted by molar-refractivity contribution is 0.0981. The highest BCUT2D eigenvalue weighted by molar-refractivity contribution is 5.36. The highest BCUT2D eigenvalue weighted by atomic mass is 16.3. The average Bonchev–Trinajstić information content (AvgIpc) is 2.89. The van der Waals surface area contributed by atoms with Crippen LogP contribution in [-0.4, -0.2) is 18.3 Å². The zero-order chi connectivity index (χ0) is 13.2. The second-order valence-corrected chi connectivity index (χ2v) is 6.22. The number of nitrogens with one attached hydrogen (secondary N) is 1. The third-order valence-electron chi connectivity index (χ3n) is 5.01. The van der Waals surface area contributed by atoms with E-state index in [9.17, 15) is 5.11 Å². The number of aliphatic hydroxyl groups is 1. The van der Waals surface area contributed by atoms with Gasteiger partial charge in [-0.25, -0.2) is 0 Å². The maximum Gasteiger partial charge on any atom is 0.0540 e. The van der Waals surface area contributed by atoms with Gasteiger partial charge in [-0.3, -0.25) is 0 Å². The molecule has 1 aromatic rings. The minimum absolute atomic E-state index is 0.0613. The van der Waals surface area contributed by atoms with E-state index in [1.807, 2.05) is 0 Å². The summed E-state index contributed by atoms with van der Waals surface area (Å²) in [6.45, 7) is 0. The molecule has 0 bridgehead atoms. The average molecular weight is 259 g/mol. The lowest BCUT2D eigenvalue weighted by Gasteiger charge is -2.32. The Kier molecular flexibility index (Phi) is 3.90. The van der Waals surface area contributed by atoms with E-state index in [4.69, 9.17) is 0 Å². The van der Waals surface area contributed by atoms with Crippen molar-refractivity contribution in [1.82, 2.24) is 5.32 Å². The van der Waals surface area contributed by atoms with Gasteiger partial charge in [0.05, 0.1) is 6.10 Å². The molecule has 2 aliphatic carbocycles. The second kappa shape index (κ2) is 5.64. The first-order valence-electron chi connectivity index (χ1n) is 7.75. The molecule has 1 fully saturated rings. The van der Waals surface area contributed by atoms with Crippen molar-refractivity contribution < 1.29 is 5.11 Å². The zero-order valence-electron chi connectivity index (χ0n) is 11.9. The summed E-state index contributed by atoms with van der Waals surface area (Å²) in [5.74, 6) is 0.674. The SMILES string of the molecule is CNC(c1ccc2c(c1)CCC2)C1CCC(O)CC1. The van der Waals surface area contributed by atoms with E-state index in [2.05, 4.69) is 30.6 Å². The molecule has 0 aromatic heterocycles. The van der Waals surface area contributed by atoms with Crippen LogP contribution in [0.5, 0.6) is 0 Å². The van der Waals surface area contributed by atoms with Crippen LogP contribution in [0.25, 0.3) is 0 Å². The minimum Gasteiger partial charge on any atom is -0.393 e. The van der Waals surface area contributed by atoms with Crippen LogP contribution in [0.4, 0.5) is 0 Å². The first-order chi connectivity index (χ1) is 9.28. The molecular formula is C17H25NO. The van der Waals surface area contributed by atoms with Crippen molar-refractivity contribution in [2.45, 2.75) is 57.1 Å². The molecule has 1 saturated carbocycles.